The summed E-state index contributed by atoms with van der Waals surface area (Å²) in [5.74, 6) is -0.165. The molecule has 0 bridgehead atoms. The van der Waals surface area contributed by atoms with Gasteiger partial charge in [-0.25, -0.2) is 0 Å². The number of carbonyl (C=O) groups is 1. The molecule has 0 radical (unpaired) electrons. The van der Waals surface area contributed by atoms with E-state index in [1.165, 1.54) is 0 Å². The Morgan fingerprint density at radius 3 is 2.88 bits per heavy atom. The Balaban J connectivity index is 2.45. The third-order valence-corrected chi connectivity index (χ3v) is 2.44. The van der Waals surface area contributed by atoms with E-state index < -0.39 is 0 Å². The predicted molar refractivity (Wildman–Crippen MR) is 69.9 cm³/mol. The molecule has 4 nitrogen and oxygen atoms in total. The van der Waals surface area contributed by atoms with Gasteiger partial charge in [-0.05, 0) is 25.0 Å². The third-order valence-electron chi connectivity index (χ3n) is 2.44. The fourth-order valence-corrected chi connectivity index (χ4v) is 1.45. The van der Waals surface area contributed by atoms with Crippen molar-refractivity contribution in [1.82, 2.24) is 0 Å². The number of nitrogen functional groups attached to an aromatic ring is 1. The highest BCUT2D eigenvalue weighted by atomic mass is 16.5. The van der Waals surface area contributed by atoms with Crippen molar-refractivity contribution in [3.63, 3.8) is 0 Å². The minimum absolute atomic E-state index is 0.0772. The van der Waals surface area contributed by atoms with Crippen LogP contribution in [0.25, 0.3) is 0 Å². The van der Waals surface area contributed by atoms with Gasteiger partial charge in [0, 0.05) is 6.61 Å². The van der Waals surface area contributed by atoms with Crippen LogP contribution in [-0.4, -0.2) is 19.1 Å². The maximum atomic E-state index is 11.6. The average molecular weight is 236 g/mol. The summed E-state index contributed by atoms with van der Waals surface area (Å²) in [4.78, 5) is 11.6. The lowest BCUT2D eigenvalue weighted by Gasteiger charge is -2.11. The summed E-state index contributed by atoms with van der Waals surface area (Å²) < 4.78 is 5.23. The van der Waals surface area contributed by atoms with E-state index in [1.807, 2.05) is 19.1 Å². The Bertz CT molecular complexity index is 357. The normalized spacial score (nSPS) is 10.2. The number of anilines is 2. The first-order valence-corrected chi connectivity index (χ1v) is 5.87. The molecule has 1 rings (SSSR count). The van der Waals surface area contributed by atoms with Crippen molar-refractivity contribution in [2.24, 2.45) is 0 Å². The minimum atomic E-state index is -0.165. The van der Waals surface area contributed by atoms with Crippen molar-refractivity contribution in [2.45, 2.75) is 26.7 Å². The molecule has 0 atom stereocenters. The molecular weight excluding hydrogens is 216 g/mol. The topological polar surface area (TPSA) is 64.3 Å². The van der Waals surface area contributed by atoms with Gasteiger partial charge in [0.15, 0.2) is 0 Å². The van der Waals surface area contributed by atoms with Crippen LogP contribution >= 0.6 is 0 Å². The molecule has 0 unspecified atom stereocenters. The second kappa shape index (κ2) is 6.91. The number of para-hydroxylation sites is 1. The van der Waals surface area contributed by atoms with Crippen LogP contribution in [0.5, 0.6) is 0 Å². The van der Waals surface area contributed by atoms with Crippen LogP contribution in [0.2, 0.25) is 0 Å². The molecule has 0 aliphatic carbocycles. The van der Waals surface area contributed by atoms with Crippen molar-refractivity contribution in [2.75, 3.05) is 24.3 Å². The standard InChI is InChI=1S/C13H20N2O2/c1-3-4-8-17-9-12(16)15-13-10(2)6-5-7-11(13)14/h5-7H,3-4,8-9,14H2,1-2H3,(H,15,16). The van der Waals surface area contributed by atoms with E-state index >= 15 is 0 Å². The monoisotopic (exact) mass is 236 g/mol. The smallest absolute Gasteiger partial charge is 0.250 e. The van der Waals surface area contributed by atoms with Crippen molar-refractivity contribution in [1.29, 1.82) is 0 Å². The zero-order valence-electron chi connectivity index (χ0n) is 10.5. The zero-order chi connectivity index (χ0) is 12.7. The average Bonchev–Trinajstić information content (AvgIpc) is 2.30. The van der Waals surface area contributed by atoms with Crippen LogP contribution in [0, 0.1) is 6.92 Å². The van der Waals surface area contributed by atoms with Gasteiger partial charge in [-0.3, -0.25) is 4.79 Å². The SMILES string of the molecule is CCCCOCC(=O)Nc1c(C)cccc1N. The molecule has 17 heavy (non-hydrogen) atoms. The summed E-state index contributed by atoms with van der Waals surface area (Å²) in [7, 11) is 0. The first-order chi connectivity index (χ1) is 8.15. The van der Waals surface area contributed by atoms with Gasteiger partial charge in [-0.15, -0.1) is 0 Å². The number of unbranched alkanes of at least 4 members (excludes halogenated alkanes) is 1. The number of benzene rings is 1. The van der Waals surface area contributed by atoms with Crippen molar-refractivity contribution in [3.8, 4) is 0 Å². The van der Waals surface area contributed by atoms with Crippen LogP contribution in [0.15, 0.2) is 18.2 Å². The van der Waals surface area contributed by atoms with E-state index in [-0.39, 0.29) is 12.5 Å². The highest BCUT2D eigenvalue weighted by Crippen LogP contribution is 2.22. The zero-order valence-corrected chi connectivity index (χ0v) is 10.5. The summed E-state index contributed by atoms with van der Waals surface area (Å²) in [5.41, 5.74) is 7.99. The van der Waals surface area contributed by atoms with Crippen LogP contribution < -0.4 is 11.1 Å². The second-order valence-corrected chi connectivity index (χ2v) is 3.99. The Kier molecular flexibility index (Phi) is 5.49. The number of hydrogen-bond donors (Lipinski definition) is 2. The molecule has 4 heteroatoms. The molecule has 0 aliphatic heterocycles. The summed E-state index contributed by atoms with van der Waals surface area (Å²) in [6, 6.07) is 5.53. The molecule has 1 aromatic carbocycles. The highest BCUT2D eigenvalue weighted by molar-refractivity contribution is 5.95. The van der Waals surface area contributed by atoms with E-state index in [1.54, 1.807) is 6.07 Å². The van der Waals surface area contributed by atoms with Crippen LogP contribution in [-0.2, 0) is 9.53 Å². The van der Waals surface area contributed by atoms with Gasteiger partial charge in [0.1, 0.15) is 6.61 Å². The molecule has 0 aromatic heterocycles. The summed E-state index contributed by atoms with van der Waals surface area (Å²) in [6.07, 6.45) is 2.03. The van der Waals surface area contributed by atoms with Gasteiger partial charge in [0.25, 0.3) is 0 Å². The number of amides is 1. The number of nitrogens with two attached hydrogens (primary N) is 1. The highest BCUT2D eigenvalue weighted by Gasteiger charge is 2.07. The Morgan fingerprint density at radius 1 is 1.47 bits per heavy atom. The first kappa shape index (κ1) is 13.5. The number of hydrogen-bond acceptors (Lipinski definition) is 3. The van der Waals surface area contributed by atoms with Crippen molar-refractivity contribution < 1.29 is 9.53 Å². The third kappa shape index (κ3) is 4.44. The van der Waals surface area contributed by atoms with E-state index in [9.17, 15) is 4.79 Å². The van der Waals surface area contributed by atoms with Gasteiger partial charge in [0.05, 0.1) is 11.4 Å². The molecule has 3 N–H and O–H groups in total. The van der Waals surface area contributed by atoms with Crippen LogP contribution in [0.1, 0.15) is 25.3 Å². The van der Waals surface area contributed by atoms with E-state index in [2.05, 4.69) is 12.2 Å². The van der Waals surface area contributed by atoms with Gasteiger partial charge in [-0.2, -0.15) is 0 Å². The summed E-state index contributed by atoms with van der Waals surface area (Å²) >= 11 is 0. The lowest BCUT2D eigenvalue weighted by Crippen LogP contribution is -2.20. The Labute approximate surface area is 102 Å². The number of aryl methyl sites for hydroxylation is 1. The van der Waals surface area contributed by atoms with Crippen molar-refractivity contribution in [3.05, 3.63) is 23.8 Å². The summed E-state index contributed by atoms with van der Waals surface area (Å²) in [5, 5.41) is 2.77. The second-order valence-electron chi connectivity index (χ2n) is 3.99. The molecule has 0 saturated heterocycles. The maximum Gasteiger partial charge on any atom is 0.250 e. The summed E-state index contributed by atoms with van der Waals surface area (Å²) in [6.45, 7) is 4.68. The Hall–Kier alpha value is -1.55. The minimum Gasteiger partial charge on any atom is -0.397 e. The number of ether oxygens (including phenoxy) is 1. The van der Waals surface area contributed by atoms with Gasteiger partial charge < -0.3 is 15.8 Å². The fourth-order valence-electron chi connectivity index (χ4n) is 1.45. The molecule has 0 saturated carbocycles. The fraction of sp³-hybridized carbons (Fsp3) is 0.462. The largest absolute Gasteiger partial charge is 0.397 e. The Morgan fingerprint density at radius 2 is 2.24 bits per heavy atom. The number of carbonyl (C=O) groups excluding carboxylic acids is 1. The van der Waals surface area contributed by atoms with Gasteiger partial charge in [-0.1, -0.05) is 25.5 Å². The molecule has 1 aromatic rings. The molecule has 0 fully saturated rings. The first-order valence-electron chi connectivity index (χ1n) is 5.87. The molecule has 0 aliphatic rings. The maximum absolute atomic E-state index is 11.6. The molecule has 0 spiro atoms. The van der Waals surface area contributed by atoms with Gasteiger partial charge >= 0.3 is 0 Å². The quantitative estimate of drug-likeness (QED) is 0.588. The lowest BCUT2D eigenvalue weighted by atomic mass is 10.1. The number of rotatable bonds is 6. The van der Waals surface area contributed by atoms with E-state index in [0.717, 1.165) is 18.4 Å². The van der Waals surface area contributed by atoms with Crippen molar-refractivity contribution >= 4 is 17.3 Å². The van der Waals surface area contributed by atoms with E-state index in [0.29, 0.717) is 18.0 Å². The molecule has 0 heterocycles. The van der Waals surface area contributed by atoms with Gasteiger partial charge in [0.2, 0.25) is 5.91 Å². The van der Waals surface area contributed by atoms with E-state index in [4.69, 9.17) is 10.5 Å². The number of nitrogens with one attached hydrogen (secondary N) is 1. The molecule has 94 valence electrons. The van der Waals surface area contributed by atoms with Crippen LogP contribution in [0.3, 0.4) is 0 Å². The predicted octanol–water partition coefficient (Wildman–Crippen LogP) is 2.33. The van der Waals surface area contributed by atoms with Crippen LogP contribution in [0.4, 0.5) is 11.4 Å². The lowest BCUT2D eigenvalue weighted by molar-refractivity contribution is -0.120. The molecule has 1 amide bonds. The molecular formula is C13H20N2O2.